The van der Waals surface area contributed by atoms with Crippen LogP contribution in [0.3, 0.4) is 0 Å². The predicted octanol–water partition coefficient (Wildman–Crippen LogP) is 2.86. The number of hydroxylamine groups is 1. The lowest BCUT2D eigenvalue weighted by Gasteiger charge is -2.23. The van der Waals surface area contributed by atoms with Crippen LogP contribution in [0.15, 0.2) is 18.2 Å². The van der Waals surface area contributed by atoms with E-state index in [1.54, 1.807) is 6.21 Å². The Bertz CT molecular complexity index is 590. The van der Waals surface area contributed by atoms with E-state index >= 15 is 0 Å². The summed E-state index contributed by atoms with van der Waals surface area (Å²) in [6.45, 7) is 6.58. The molecule has 1 aliphatic rings. The normalized spacial score (nSPS) is 18.7. The summed E-state index contributed by atoms with van der Waals surface area (Å²) in [5, 5.41) is 10.1. The predicted molar refractivity (Wildman–Crippen MR) is 85.9 cm³/mol. The molecule has 1 aliphatic carbocycles. The molecular weight excluding hydrogens is 260 g/mol. The summed E-state index contributed by atoms with van der Waals surface area (Å²) in [5.41, 5.74) is 3.44. The van der Waals surface area contributed by atoms with Crippen LogP contribution in [-0.2, 0) is 6.42 Å². The number of rotatable bonds is 3. The second-order valence-corrected chi connectivity index (χ2v) is 6.78. The molecular formula is C18H25N2O+. The maximum absolute atomic E-state index is 10.1. The third kappa shape index (κ3) is 3.46. The highest BCUT2D eigenvalue weighted by molar-refractivity contribution is 5.76. The van der Waals surface area contributed by atoms with Crippen LogP contribution in [0.5, 0.6) is 0 Å². The summed E-state index contributed by atoms with van der Waals surface area (Å²) in [7, 11) is 2.07. The maximum Gasteiger partial charge on any atom is 0.223 e. The summed E-state index contributed by atoms with van der Waals surface area (Å²) in [5.74, 6) is 2.71. The van der Waals surface area contributed by atoms with Crippen LogP contribution in [0.25, 0.3) is 0 Å². The van der Waals surface area contributed by atoms with Gasteiger partial charge in [0.15, 0.2) is 0 Å². The second-order valence-electron chi connectivity index (χ2n) is 6.78. The van der Waals surface area contributed by atoms with Gasteiger partial charge in [-0.05, 0) is 47.9 Å². The van der Waals surface area contributed by atoms with Crippen LogP contribution < -0.4 is 0 Å². The molecule has 21 heavy (non-hydrogen) atoms. The van der Waals surface area contributed by atoms with E-state index in [0.717, 1.165) is 18.4 Å². The van der Waals surface area contributed by atoms with Gasteiger partial charge in [0.05, 0.1) is 6.54 Å². The molecule has 2 rings (SSSR count). The number of nitrogens with zero attached hydrogens (tertiary/aromatic N) is 2. The number of hydrogen-bond donors (Lipinski definition) is 1. The van der Waals surface area contributed by atoms with Crippen molar-refractivity contribution in [2.24, 2.45) is 0 Å². The minimum absolute atomic E-state index is 0.307. The van der Waals surface area contributed by atoms with Crippen LogP contribution in [0.2, 0.25) is 0 Å². The van der Waals surface area contributed by atoms with Gasteiger partial charge < -0.3 is 0 Å². The highest BCUT2D eigenvalue weighted by atomic mass is 16.5. The van der Waals surface area contributed by atoms with Crippen molar-refractivity contribution in [3.63, 3.8) is 0 Å². The highest BCUT2D eigenvalue weighted by Crippen LogP contribution is 2.35. The molecule has 0 amide bonds. The zero-order valence-corrected chi connectivity index (χ0v) is 13.4. The van der Waals surface area contributed by atoms with E-state index in [1.807, 2.05) is 20.8 Å². The Morgan fingerprint density at radius 2 is 2.19 bits per heavy atom. The molecule has 1 atom stereocenters. The van der Waals surface area contributed by atoms with Crippen molar-refractivity contribution in [2.45, 2.75) is 45.2 Å². The Morgan fingerprint density at radius 3 is 2.81 bits per heavy atom. The van der Waals surface area contributed by atoms with Crippen molar-refractivity contribution in [1.82, 2.24) is 4.90 Å². The molecule has 3 nitrogen and oxygen atoms in total. The standard InChI is InChI=1S/C18H25N2O/c1-6-11-19(5)17-10-9-15-8-7-14(12-16(15)17)13-20(21)18(2,3)4/h1,7-8,12-13,17,21H,9-11H2,2-5H3/q+1/b20-13-/t17-/m1/s1. The fourth-order valence-corrected chi connectivity index (χ4v) is 2.73. The van der Waals surface area contributed by atoms with Gasteiger partial charge in [-0.2, -0.15) is 0 Å². The third-order valence-electron chi connectivity index (χ3n) is 4.05. The van der Waals surface area contributed by atoms with Crippen LogP contribution in [0, 0.1) is 12.3 Å². The van der Waals surface area contributed by atoms with Gasteiger partial charge in [-0.3, -0.25) is 10.1 Å². The van der Waals surface area contributed by atoms with E-state index in [4.69, 9.17) is 6.42 Å². The number of fused-ring (bicyclic) bond motifs is 1. The van der Waals surface area contributed by atoms with Crippen LogP contribution >= 0.6 is 0 Å². The van der Waals surface area contributed by atoms with E-state index in [0.29, 0.717) is 12.6 Å². The Labute approximate surface area is 127 Å². The molecule has 0 heterocycles. The molecule has 1 aromatic carbocycles. The summed E-state index contributed by atoms with van der Waals surface area (Å²) >= 11 is 0. The van der Waals surface area contributed by atoms with Gasteiger partial charge in [-0.15, -0.1) is 6.42 Å². The lowest BCUT2D eigenvalue weighted by Crippen LogP contribution is -2.31. The smallest absolute Gasteiger partial charge is 0.223 e. The van der Waals surface area contributed by atoms with Gasteiger partial charge >= 0.3 is 0 Å². The molecule has 0 fully saturated rings. The number of benzene rings is 1. The molecule has 0 saturated carbocycles. The highest BCUT2D eigenvalue weighted by Gasteiger charge is 2.27. The number of terminal acetylenes is 1. The molecule has 0 radical (unpaired) electrons. The van der Waals surface area contributed by atoms with E-state index in [-0.39, 0.29) is 5.54 Å². The number of hydrogen-bond acceptors (Lipinski definition) is 2. The number of aryl methyl sites for hydroxylation is 1. The SMILES string of the molecule is C#CCN(C)[C@@H]1CCc2ccc(/C=[N+](\O)C(C)(C)C)cc21. The summed E-state index contributed by atoms with van der Waals surface area (Å²) < 4.78 is 1.27. The van der Waals surface area contributed by atoms with Gasteiger partial charge in [0.2, 0.25) is 11.8 Å². The summed E-state index contributed by atoms with van der Waals surface area (Å²) in [6, 6.07) is 6.79. The van der Waals surface area contributed by atoms with Crippen molar-refractivity contribution in [3.8, 4) is 12.3 Å². The first kappa shape index (κ1) is 15.6. The van der Waals surface area contributed by atoms with Crippen molar-refractivity contribution in [2.75, 3.05) is 13.6 Å². The topological polar surface area (TPSA) is 26.5 Å². The minimum atomic E-state index is -0.307. The monoisotopic (exact) mass is 285 g/mol. The Balaban J connectivity index is 2.31. The molecule has 1 aromatic rings. The average molecular weight is 285 g/mol. The van der Waals surface area contributed by atoms with Crippen molar-refractivity contribution in [1.29, 1.82) is 0 Å². The molecule has 1 N–H and O–H groups in total. The lowest BCUT2D eigenvalue weighted by atomic mass is 10.0. The second kappa shape index (κ2) is 5.91. The first-order valence-corrected chi connectivity index (χ1v) is 7.42. The average Bonchev–Trinajstić information content (AvgIpc) is 2.81. The molecule has 0 bridgehead atoms. The molecule has 0 unspecified atom stereocenters. The minimum Gasteiger partial charge on any atom is -0.290 e. The molecule has 0 saturated heterocycles. The molecule has 0 aromatic heterocycles. The van der Waals surface area contributed by atoms with Crippen LogP contribution in [0.1, 0.15) is 49.9 Å². The summed E-state index contributed by atoms with van der Waals surface area (Å²) in [4.78, 5) is 2.22. The van der Waals surface area contributed by atoms with Crippen LogP contribution in [-0.4, -0.2) is 40.2 Å². The Hall–Kier alpha value is -1.79. The quantitative estimate of drug-likeness (QED) is 0.304. The van der Waals surface area contributed by atoms with Gasteiger partial charge in [0.1, 0.15) is 0 Å². The largest absolute Gasteiger partial charge is 0.290 e. The summed E-state index contributed by atoms with van der Waals surface area (Å²) in [6.07, 6.45) is 9.42. The Morgan fingerprint density at radius 1 is 1.48 bits per heavy atom. The van der Waals surface area contributed by atoms with E-state index in [9.17, 15) is 5.21 Å². The molecule has 0 spiro atoms. The first-order chi connectivity index (χ1) is 9.82. The van der Waals surface area contributed by atoms with Gasteiger partial charge in [0, 0.05) is 32.4 Å². The van der Waals surface area contributed by atoms with E-state index in [2.05, 4.69) is 36.1 Å². The van der Waals surface area contributed by atoms with Crippen molar-refractivity contribution >= 4 is 6.21 Å². The van der Waals surface area contributed by atoms with Crippen molar-refractivity contribution in [3.05, 3.63) is 34.9 Å². The lowest BCUT2D eigenvalue weighted by molar-refractivity contribution is -0.816. The fraction of sp³-hybridized carbons (Fsp3) is 0.500. The third-order valence-corrected chi connectivity index (χ3v) is 4.05. The van der Waals surface area contributed by atoms with Gasteiger partial charge in [-0.1, -0.05) is 12.0 Å². The van der Waals surface area contributed by atoms with E-state index < -0.39 is 0 Å². The maximum atomic E-state index is 10.1. The van der Waals surface area contributed by atoms with Crippen LogP contribution in [0.4, 0.5) is 0 Å². The van der Waals surface area contributed by atoms with Gasteiger partial charge in [0.25, 0.3) is 0 Å². The Kier molecular flexibility index (Phi) is 4.39. The molecule has 0 aliphatic heterocycles. The fourth-order valence-electron chi connectivity index (χ4n) is 2.73. The van der Waals surface area contributed by atoms with E-state index in [1.165, 1.54) is 15.9 Å². The first-order valence-electron chi connectivity index (χ1n) is 7.42. The molecule has 112 valence electrons. The molecule has 3 heteroatoms. The zero-order chi connectivity index (χ0) is 15.6. The van der Waals surface area contributed by atoms with Gasteiger partial charge in [-0.25, -0.2) is 0 Å². The zero-order valence-electron chi connectivity index (χ0n) is 13.4. The van der Waals surface area contributed by atoms with Crippen molar-refractivity contribution < 1.29 is 9.95 Å².